The fourth-order valence-electron chi connectivity index (χ4n) is 2.44. The van der Waals surface area contributed by atoms with Gasteiger partial charge in [0, 0.05) is 4.88 Å². The quantitative estimate of drug-likeness (QED) is 0.704. The maximum absolute atomic E-state index is 5.67. The van der Waals surface area contributed by atoms with Crippen LogP contribution in [0.2, 0.25) is 0 Å². The molecule has 104 valence electrons. The molecule has 0 bridgehead atoms. The fraction of sp³-hybridized carbons (Fsp3) is 0.267. The van der Waals surface area contributed by atoms with Gasteiger partial charge in [0.1, 0.15) is 11.3 Å². The highest BCUT2D eigenvalue weighted by Gasteiger charge is 2.15. The number of nitrogens with zero attached hydrogens (tertiary/aromatic N) is 1. The van der Waals surface area contributed by atoms with Gasteiger partial charge in [-0.1, -0.05) is 12.1 Å². The molecule has 5 heteroatoms. The number of nitrogens with one attached hydrogen (secondary N) is 1. The molecule has 1 N–H and O–H groups in total. The second kappa shape index (κ2) is 5.42. The molecule has 1 unspecified atom stereocenters. The van der Waals surface area contributed by atoms with Gasteiger partial charge in [-0.25, -0.2) is 0 Å². The molecule has 3 aromatic rings. The molecule has 2 heterocycles. The molecule has 0 fully saturated rings. The number of para-hydroxylation sites is 1. The molecule has 0 spiro atoms. The van der Waals surface area contributed by atoms with Gasteiger partial charge >= 0.3 is 0 Å². The molecular formula is C15H16N2OS2. The number of aromatic nitrogens is 2. The number of thiophene rings is 1. The minimum atomic E-state index is 0.216. The fourth-order valence-corrected chi connectivity index (χ4v) is 3.57. The lowest BCUT2D eigenvalue weighted by Gasteiger charge is -2.13. The molecule has 1 aromatic carbocycles. The number of fused-ring (bicyclic) bond motifs is 1. The average Bonchev–Trinajstić information content (AvgIpc) is 3.06. The number of hydrogen-bond donors (Lipinski definition) is 1. The predicted molar refractivity (Wildman–Crippen MR) is 86.4 cm³/mol. The molecule has 3 nitrogen and oxygen atoms in total. The molecule has 0 radical (unpaired) electrons. The van der Waals surface area contributed by atoms with E-state index in [1.54, 1.807) is 11.3 Å². The number of ether oxygens (including phenoxy) is 1. The third-order valence-corrected chi connectivity index (χ3v) is 4.70. The zero-order valence-corrected chi connectivity index (χ0v) is 13.1. The van der Waals surface area contributed by atoms with Gasteiger partial charge in [-0.15, -0.1) is 11.3 Å². The molecule has 0 aliphatic rings. The van der Waals surface area contributed by atoms with Crippen molar-refractivity contribution in [3.63, 3.8) is 0 Å². The Morgan fingerprint density at radius 3 is 2.90 bits per heavy atom. The molecule has 20 heavy (non-hydrogen) atoms. The summed E-state index contributed by atoms with van der Waals surface area (Å²) < 4.78 is 8.55. The Balaban J connectivity index is 2.19. The van der Waals surface area contributed by atoms with Crippen LogP contribution in [0, 0.1) is 4.77 Å². The second-order valence-electron chi connectivity index (χ2n) is 4.57. The van der Waals surface area contributed by atoms with Crippen LogP contribution in [0.1, 0.15) is 24.8 Å². The van der Waals surface area contributed by atoms with Crippen LogP contribution in [-0.2, 0) is 0 Å². The zero-order chi connectivity index (χ0) is 14.1. The van der Waals surface area contributed by atoms with Crippen molar-refractivity contribution in [2.24, 2.45) is 0 Å². The highest BCUT2D eigenvalue weighted by atomic mass is 32.1. The number of hydrogen-bond acceptors (Lipinski definition) is 3. The van der Waals surface area contributed by atoms with E-state index in [1.165, 1.54) is 4.88 Å². The summed E-state index contributed by atoms with van der Waals surface area (Å²) in [5.41, 5.74) is 2.06. The van der Waals surface area contributed by atoms with E-state index in [0.717, 1.165) is 21.6 Å². The molecule has 0 amide bonds. The summed E-state index contributed by atoms with van der Waals surface area (Å²) in [6, 6.07) is 10.5. The lowest BCUT2D eigenvalue weighted by atomic mass is 10.2. The smallest absolute Gasteiger partial charge is 0.178 e. The second-order valence-corrected chi connectivity index (χ2v) is 5.94. The van der Waals surface area contributed by atoms with Crippen LogP contribution in [0.15, 0.2) is 35.7 Å². The summed E-state index contributed by atoms with van der Waals surface area (Å²) in [7, 11) is 0. The van der Waals surface area contributed by atoms with Crippen molar-refractivity contribution in [3.8, 4) is 5.75 Å². The van der Waals surface area contributed by atoms with E-state index in [2.05, 4.69) is 40.1 Å². The van der Waals surface area contributed by atoms with Crippen molar-refractivity contribution in [2.45, 2.75) is 19.9 Å². The van der Waals surface area contributed by atoms with E-state index in [0.29, 0.717) is 6.61 Å². The van der Waals surface area contributed by atoms with Crippen LogP contribution in [0.5, 0.6) is 5.75 Å². The summed E-state index contributed by atoms with van der Waals surface area (Å²) in [6.45, 7) is 4.80. The lowest BCUT2D eigenvalue weighted by molar-refractivity contribution is 0.343. The number of benzene rings is 1. The van der Waals surface area contributed by atoms with Gasteiger partial charge in [0.2, 0.25) is 0 Å². The number of rotatable bonds is 4. The summed E-state index contributed by atoms with van der Waals surface area (Å²) in [4.78, 5) is 4.58. The first-order valence-corrected chi connectivity index (χ1v) is 7.90. The highest BCUT2D eigenvalue weighted by Crippen LogP contribution is 2.31. The summed E-state index contributed by atoms with van der Waals surface area (Å²) in [5, 5.41) is 2.09. The minimum absolute atomic E-state index is 0.216. The number of aromatic amines is 1. The van der Waals surface area contributed by atoms with Gasteiger partial charge in [0.25, 0.3) is 0 Å². The summed E-state index contributed by atoms with van der Waals surface area (Å²) in [5.74, 6) is 0.855. The van der Waals surface area contributed by atoms with Crippen LogP contribution in [0.3, 0.4) is 0 Å². The third kappa shape index (κ3) is 2.17. The van der Waals surface area contributed by atoms with Crippen molar-refractivity contribution in [3.05, 3.63) is 45.4 Å². The molecule has 3 rings (SSSR count). The monoisotopic (exact) mass is 304 g/mol. The van der Waals surface area contributed by atoms with E-state index in [-0.39, 0.29) is 6.04 Å². The van der Waals surface area contributed by atoms with Crippen molar-refractivity contribution in [1.82, 2.24) is 9.55 Å². The minimum Gasteiger partial charge on any atom is -0.492 e. The van der Waals surface area contributed by atoms with Crippen molar-refractivity contribution in [1.29, 1.82) is 0 Å². The van der Waals surface area contributed by atoms with E-state index in [4.69, 9.17) is 17.0 Å². The maximum Gasteiger partial charge on any atom is 0.178 e. The van der Waals surface area contributed by atoms with E-state index >= 15 is 0 Å². The standard InChI is InChI=1S/C15H16N2OS2/c1-3-18-12-7-4-6-11-14(12)16-15(19)17(11)10(2)13-8-5-9-20-13/h4-10H,3H2,1-2H3,(H,16,19). The molecule has 1 atom stereocenters. The van der Waals surface area contributed by atoms with Gasteiger partial charge in [-0.2, -0.15) is 0 Å². The summed E-state index contributed by atoms with van der Waals surface area (Å²) in [6.07, 6.45) is 0. The Kier molecular flexibility index (Phi) is 3.63. The first-order valence-electron chi connectivity index (χ1n) is 6.61. The van der Waals surface area contributed by atoms with Crippen LogP contribution in [0.25, 0.3) is 11.0 Å². The predicted octanol–water partition coefficient (Wildman–Crippen LogP) is 4.77. The van der Waals surface area contributed by atoms with Gasteiger partial charge < -0.3 is 14.3 Å². The third-order valence-electron chi connectivity index (χ3n) is 3.36. The topological polar surface area (TPSA) is 29.9 Å². The van der Waals surface area contributed by atoms with E-state index < -0.39 is 0 Å². The Labute approximate surface area is 126 Å². The van der Waals surface area contributed by atoms with Crippen LogP contribution in [-0.4, -0.2) is 16.2 Å². The van der Waals surface area contributed by atoms with E-state index in [1.807, 2.05) is 19.1 Å². The van der Waals surface area contributed by atoms with Crippen molar-refractivity contribution < 1.29 is 4.74 Å². The summed E-state index contributed by atoms with van der Waals surface area (Å²) >= 11 is 7.25. The zero-order valence-electron chi connectivity index (χ0n) is 11.4. The largest absolute Gasteiger partial charge is 0.492 e. The Morgan fingerprint density at radius 1 is 1.35 bits per heavy atom. The van der Waals surface area contributed by atoms with Gasteiger partial charge in [-0.3, -0.25) is 0 Å². The molecular weight excluding hydrogens is 288 g/mol. The molecule has 0 saturated heterocycles. The SMILES string of the molecule is CCOc1cccc2c1[nH]c(=S)n2C(C)c1cccs1. The normalized spacial score (nSPS) is 12.7. The Hall–Kier alpha value is -1.59. The highest BCUT2D eigenvalue weighted by molar-refractivity contribution is 7.71. The number of H-pyrrole nitrogens is 1. The molecule has 2 aromatic heterocycles. The van der Waals surface area contributed by atoms with Crippen molar-refractivity contribution >= 4 is 34.6 Å². The van der Waals surface area contributed by atoms with Gasteiger partial charge in [-0.05, 0) is 49.6 Å². The first kappa shape index (κ1) is 13.4. The van der Waals surface area contributed by atoms with E-state index in [9.17, 15) is 0 Å². The van der Waals surface area contributed by atoms with Crippen molar-refractivity contribution in [2.75, 3.05) is 6.61 Å². The van der Waals surface area contributed by atoms with Gasteiger partial charge in [0.05, 0.1) is 18.2 Å². The Morgan fingerprint density at radius 2 is 2.20 bits per heavy atom. The molecule has 0 saturated carbocycles. The average molecular weight is 304 g/mol. The van der Waals surface area contributed by atoms with Crippen LogP contribution in [0.4, 0.5) is 0 Å². The van der Waals surface area contributed by atoms with Crippen LogP contribution < -0.4 is 4.74 Å². The van der Waals surface area contributed by atoms with Gasteiger partial charge in [0.15, 0.2) is 4.77 Å². The first-order chi connectivity index (χ1) is 9.72. The molecule has 0 aliphatic heterocycles. The molecule has 0 aliphatic carbocycles. The Bertz CT molecular complexity index is 771. The number of imidazole rings is 1. The lowest BCUT2D eigenvalue weighted by Crippen LogP contribution is -2.05. The van der Waals surface area contributed by atoms with Crippen LogP contribution >= 0.6 is 23.6 Å². The maximum atomic E-state index is 5.67.